The number of fused-ring (bicyclic) bond motifs is 6. The lowest BCUT2D eigenvalue weighted by molar-refractivity contribution is -0.117. The Morgan fingerprint density at radius 2 is 1.32 bits per heavy atom. The van der Waals surface area contributed by atoms with Crippen LogP contribution in [0.4, 0.5) is 29.2 Å². The predicted octanol–water partition coefficient (Wildman–Crippen LogP) is 11.6. The average molecular weight is 1100 g/mol. The summed E-state index contributed by atoms with van der Waals surface area (Å²) in [7, 11) is 0. The molecule has 414 valence electrons. The van der Waals surface area contributed by atoms with Crippen LogP contribution in [0.1, 0.15) is 81.4 Å². The molecule has 1 N–H and O–H groups in total. The molecule has 11 heterocycles. The fourth-order valence-electron chi connectivity index (χ4n) is 14.7. The average Bonchev–Trinajstić information content (AvgIpc) is 4.41. The molecule has 6 saturated heterocycles. The largest absolute Gasteiger partial charge is 0.461 e. The first-order valence-electron chi connectivity index (χ1n) is 28.5. The molecule has 15 rings (SSSR count). The van der Waals surface area contributed by atoms with Gasteiger partial charge in [0.15, 0.2) is 11.6 Å². The third-order valence-electron chi connectivity index (χ3n) is 18.7. The van der Waals surface area contributed by atoms with E-state index in [0.29, 0.717) is 77.1 Å². The van der Waals surface area contributed by atoms with Crippen molar-refractivity contribution < 1.29 is 36.3 Å². The van der Waals surface area contributed by atoms with Crippen LogP contribution in [0.25, 0.3) is 65.9 Å². The monoisotopic (exact) mass is 1100 g/mol. The van der Waals surface area contributed by atoms with Gasteiger partial charge in [-0.05, 0) is 119 Å². The highest BCUT2D eigenvalue weighted by atomic mass is 19.1. The molecular formula is C62H59F4N11O4. The van der Waals surface area contributed by atoms with Crippen LogP contribution < -0.4 is 19.7 Å². The minimum absolute atomic E-state index is 0.000283. The fourth-order valence-corrected chi connectivity index (χ4v) is 14.7. The molecule has 2 unspecified atom stereocenters. The third kappa shape index (κ3) is 8.50. The molecule has 2 atom stereocenters. The fraction of sp³-hybridized carbons (Fsp3) is 0.403. The summed E-state index contributed by atoms with van der Waals surface area (Å²) in [5.41, 5.74) is 1.92. The summed E-state index contributed by atoms with van der Waals surface area (Å²) in [6.07, 6.45) is 16.4. The summed E-state index contributed by atoms with van der Waals surface area (Å²) in [4.78, 5) is 35.8. The van der Waals surface area contributed by atoms with Crippen molar-refractivity contribution in [3.63, 3.8) is 0 Å². The summed E-state index contributed by atoms with van der Waals surface area (Å²) in [6.45, 7) is 6.70. The quantitative estimate of drug-likeness (QED) is 0.103. The number of pyridine rings is 2. The Bertz CT molecular complexity index is 3930. The third-order valence-corrected chi connectivity index (χ3v) is 18.7. The van der Waals surface area contributed by atoms with Crippen LogP contribution in [0.3, 0.4) is 0 Å². The zero-order valence-electron chi connectivity index (χ0n) is 44.7. The van der Waals surface area contributed by atoms with E-state index in [9.17, 15) is 0 Å². The van der Waals surface area contributed by atoms with E-state index in [1.165, 1.54) is 18.3 Å². The van der Waals surface area contributed by atoms with Crippen LogP contribution in [0, 0.1) is 28.7 Å². The Morgan fingerprint density at radius 1 is 0.642 bits per heavy atom. The summed E-state index contributed by atoms with van der Waals surface area (Å²) >= 11 is 0. The molecule has 5 aromatic heterocycles. The number of aromatic nitrogens is 7. The number of hydrogen-bond donors (Lipinski definition) is 1. The summed E-state index contributed by atoms with van der Waals surface area (Å²) in [5.74, 6) is -1.45. The molecule has 0 aliphatic carbocycles. The number of halogens is 4. The number of benzene rings is 4. The van der Waals surface area contributed by atoms with Crippen molar-refractivity contribution in [1.82, 2.24) is 44.9 Å². The van der Waals surface area contributed by atoms with Crippen LogP contribution in [0.2, 0.25) is 0 Å². The first-order valence-corrected chi connectivity index (χ1v) is 28.5. The van der Waals surface area contributed by atoms with Crippen LogP contribution in [-0.4, -0.2) is 122 Å². The number of hydrogen-bond acceptors (Lipinski definition) is 15. The van der Waals surface area contributed by atoms with E-state index in [4.69, 9.17) is 43.7 Å². The number of nitrogens with zero attached hydrogens (tertiary/aromatic N) is 10. The van der Waals surface area contributed by atoms with Gasteiger partial charge in [0.1, 0.15) is 65.2 Å². The molecule has 9 aromatic rings. The van der Waals surface area contributed by atoms with Crippen molar-refractivity contribution in [2.24, 2.45) is 5.41 Å². The minimum atomic E-state index is -0.734. The normalized spacial score (nSPS) is 21.4. The highest BCUT2D eigenvalue weighted by molar-refractivity contribution is 6.02. The molecule has 6 fully saturated rings. The summed E-state index contributed by atoms with van der Waals surface area (Å²) in [6, 6.07) is 18.7. The first kappa shape index (κ1) is 50.4. The zero-order valence-corrected chi connectivity index (χ0v) is 44.7. The zero-order chi connectivity index (χ0) is 54.5. The Kier molecular flexibility index (Phi) is 12.3. The SMILES string of the molecule is Fc1c(-c2cccc3cccc(F)c23)ncc2c(NCCc3cnoc3)nc(OCC34CCCN3C(c3ccc(F)c5c(-c6ncc7c(N8CCCC9(COC9)C8)nc(OCC89CCCN8CCC9)nc7c6F)cccc35)CC4)nc12. The van der Waals surface area contributed by atoms with Gasteiger partial charge in [-0.3, -0.25) is 19.8 Å². The van der Waals surface area contributed by atoms with E-state index < -0.39 is 28.8 Å². The topological polar surface area (TPSA) is 153 Å². The Labute approximate surface area is 464 Å². The molecule has 1 spiro atoms. The summed E-state index contributed by atoms with van der Waals surface area (Å²) < 4.78 is 90.9. The lowest BCUT2D eigenvalue weighted by Gasteiger charge is -2.48. The number of rotatable bonds is 14. The van der Waals surface area contributed by atoms with Gasteiger partial charge in [0.05, 0.1) is 41.3 Å². The van der Waals surface area contributed by atoms with E-state index in [0.717, 1.165) is 108 Å². The van der Waals surface area contributed by atoms with E-state index in [-0.39, 0.29) is 68.8 Å². The number of anilines is 2. The molecular weight excluding hydrogens is 1040 g/mol. The second-order valence-electron chi connectivity index (χ2n) is 23.4. The smallest absolute Gasteiger partial charge is 0.319 e. The molecule has 0 radical (unpaired) electrons. The van der Waals surface area contributed by atoms with Gasteiger partial charge in [-0.1, -0.05) is 59.8 Å². The molecule has 15 nitrogen and oxygen atoms in total. The van der Waals surface area contributed by atoms with Crippen LogP contribution in [0.5, 0.6) is 12.0 Å². The van der Waals surface area contributed by atoms with E-state index in [1.54, 1.807) is 55.1 Å². The lowest BCUT2D eigenvalue weighted by atomic mass is 9.78. The molecule has 4 aromatic carbocycles. The summed E-state index contributed by atoms with van der Waals surface area (Å²) in [5, 5.41) is 9.77. The maximum atomic E-state index is 17.7. The van der Waals surface area contributed by atoms with Gasteiger partial charge in [-0.15, -0.1) is 0 Å². The van der Waals surface area contributed by atoms with Gasteiger partial charge in [0, 0.05) is 70.9 Å². The van der Waals surface area contributed by atoms with Crippen molar-refractivity contribution in [1.29, 1.82) is 0 Å². The van der Waals surface area contributed by atoms with Crippen molar-refractivity contribution in [3.8, 4) is 34.5 Å². The number of ether oxygens (including phenoxy) is 3. The van der Waals surface area contributed by atoms with Crippen LogP contribution in [0.15, 0.2) is 96.1 Å². The second kappa shape index (κ2) is 19.8. The van der Waals surface area contributed by atoms with E-state index >= 15 is 17.6 Å². The molecule has 81 heavy (non-hydrogen) atoms. The van der Waals surface area contributed by atoms with Gasteiger partial charge >= 0.3 is 12.0 Å². The molecule has 19 heteroatoms. The Balaban J connectivity index is 0.752. The standard InChI is InChI=1S/C62H59F4N11O4/c63-45-13-2-9-38-8-1-11-41(48(38)45)52-50(65)54-43(29-68-52)56(67-23-17-37-28-70-81-31-37)73-58(71-54)80-36-62-21-7-27-77(62)47(16-22-62)39-14-15-46(64)49-40(39)10-3-12-42(49)53-51(66)55-44(30-69-53)57(75-24-4-18-60(32-75)33-78-34-60)74-59(72-55)79-35-61-19-5-25-76(61)26-6-20-61/h1-3,8-15,28-31,47H,4-7,16-27,32-36H2,(H,67,71,73). The Morgan fingerprint density at radius 3 is 2.09 bits per heavy atom. The molecule has 6 aliphatic heterocycles. The van der Waals surface area contributed by atoms with E-state index in [2.05, 4.69) is 30.2 Å². The molecule has 0 saturated carbocycles. The van der Waals surface area contributed by atoms with Crippen LogP contribution >= 0.6 is 0 Å². The van der Waals surface area contributed by atoms with Gasteiger partial charge in [0.2, 0.25) is 0 Å². The Hall–Kier alpha value is -7.61. The first-order chi connectivity index (χ1) is 39.7. The number of piperidine rings is 1. The van der Waals surface area contributed by atoms with Crippen molar-refractivity contribution in [2.75, 3.05) is 75.9 Å². The number of nitrogens with one attached hydrogen (secondary N) is 1. The van der Waals surface area contributed by atoms with Crippen molar-refractivity contribution in [2.45, 2.75) is 87.7 Å². The second-order valence-corrected chi connectivity index (χ2v) is 23.4. The van der Waals surface area contributed by atoms with Crippen molar-refractivity contribution >= 4 is 55.0 Å². The lowest BCUT2D eigenvalue weighted by Crippen LogP contribution is -2.54. The highest BCUT2D eigenvalue weighted by Crippen LogP contribution is 2.51. The van der Waals surface area contributed by atoms with E-state index in [1.807, 2.05) is 18.2 Å². The minimum Gasteiger partial charge on any atom is -0.461 e. The van der Waals surface area contributed by atoms with Crippen molar-refractivity contribution in [3.05, 3.63) is 126 Å². The van der Waals surface area contributed by atoms with Gasteiger partial charge in [-0.25, -0.2) is 17.6 Å². The maximum Gasteiger partial charge on any atom is 0.319 e. The predicted molar refractivity (Wildman–Crippen MR) is 298 cm³/mol. The molecule has 0 bridgehead atoms. The van der Waals surface area contributed by atoms with Gasteiger partial charge < -0.3 is 29.0 Å². The molecule has 6 aliphatic rings. The highest BCUT2D eigenvalue weighted by Gasteiger charge is 2.51. The van der Waals surface area contributed by atoms with Gasteiger partial charge in [0.25, 0.3) is 0 Å². The molecule has 0 amide bonds. The maximum absolute atomic E-state index is 17.7. The van der Waals surface area contributed by atoms with Crippen LogP contribution in [-0.2, 0) is 11.2 Å². The van der Waals surface area contributed by atoms with Gasteiger partial charge in [-0.2, -0.15) is 19.9 Å².